The van der Waals surface area contributed by atoms with Crippen LogP contribution in [0.15, 0.2) is 41.0 Å². The largest absolute Gasteiger partial charge is 0.477 e. The number of oxime groups is 1. The van der Waals surface area contributed by atoms with E-state index in [1.54, 1.807) is 33.6 Å². The molecule has 3 aromatic heterocycles. The van der Waals surface area contributed by atoms with Gasteiger partial charge < -0.3 is 27.1 Å². The number of nitrogens with one attached hydrogen (secondary N) is 1. The maximum atomic E-state index is 12.9. The number of fused-ring (bicyclic) bond motifs is 2. The number of rotatable bonds is 6. The van der Waals surface area contributed by atoms with E-state index in [1.807, 2.05) is 0 Å². The average molecular weight is 518 g/mol. The normalized spacial score (nSPS) is 20.1. The third kappa shape index (κ3) is 3.79. The second-order valence-corrected chi connectivity index (χ2v) is 9.40. The fraction of sp³-hybridized carbons (Fsp3) is 0.222. The van der Waals surface area contributed by atoms with Crippen molar-refractivity contribution in [2.24, 2.45) is 5.16 Å². The minimum absolute atomic E-state index is 0.0690. The number of carboxylic acid groups (broad SMARTS) is 1. The Morgan fingerprint density at radius 2 is 2.14 bits per heavy atom. The molecule has 2 aliphatic heterocycles. The van der Waals surface area contributed by atoms with Gasteiger partial charge >= 0.3 is 11.6 Å². The summed E-state index contributed by atoms with van der Waals surface area (Å²) in [5, 5.41) is 28.1. The summed E-state index contributed by atoms with van der Waals surface area (Å²) in [6, 6.07) is 2.37. The number of hydrogen-bond donors (Lipinski definition) is 5. The highest BCUT2D eigenvalue weighted by Gasteiger charge is 2.54. The van der Waals surface area contributed by atoms with Gasteiger partial charge in [0.2, 0.25) is 11.5 Å². The van der Waals surface area contributed by atoms with Crippen molar-refractivity contribution in [3.63, 3.8) is 0 Å². The zero-order chi connectivity index (χ0) is 24.9. The van der Waals surface area contributed by atoms with Gasteiger partial charge in [0, 0.05) is 28.9 Å². The number of thioether (sulfide) groups is 1. The molecule has 0 spiro atoms. The number of imidazole rings is 1. The molecule has 0 aromatic carbocycles. The molecule has 2 amide bonds. The van der Waals surface area contributed by atoms with Crippen LogP contribution >= 0.6 is 23.3 Å². The fourth-order valence-electron chi connectivity index (χ4n) is 3.88. The van der Waals surface area contributed by atoms with Crippen LogP contribution in [0.4, 0.5) is 10.9 Å². The molecule has 0 bridgehead atoms. The van der Waals surface area contributed by atoms with Crippen LogP contribution in [-0.2, 0) is 20.9 Å². The first-order valence-electron chi connectivity index (χ1n) is 9.94. The number of carbonyl (C=O) groups is 3. The van der Waals surface area contributed by atoms with E-state index in [1.165, 1.54) is 11.8 Å². The van der Waals surface area contributed by atoms with Crippen molar-refractivity contribution in [1.82, 2.24) is 29.2 Å². The molecule has 180 valence electrons. The lowest BCUT2D eigenvalue weighted by Gasteiger charge is -2.49. The van der Waals surface area contributed by atoms with Crippen LogP contribution in [0, 0.1) is 0 Å². The van der Waals surface area contributed by atoms with Crippen LogP contribution in [0.3, 0.4) is 0 Å². The van der Waals surface area contributed by atoms with E-state index in [2.05, 4.69) is 24.9 Å². The molecule has 0 unspecified atom stereocenters. The van der Waals surface area contributed by atoms with Crippen LogP contribution in [0.25, 0.3) is 5.65 Å². The van der Waals surface area contributed by atoms with Crippen molar-refractivity contribution in [2.75, 3.05) is 17.2 Å². The van der Waals surface area contributed by atoms with Gasteiger partial charge in [-0.2, -0.15) is 9.36 Å². The first-order chi connectivity index (χ1) is 16.8. The van der Waals surface area contributed by atoms with E-state index in [-0.39, 0.29) is 23.2 Å². The number of anilines is 2. The lowest BCUT2D eigenvalue weighted by Crippen LogP contribution is -2.71. The second kappa shape index (κ2) is 8.51. The van der Waals surface area contributed by atoms with E-state index in [4.69, 9.17) is 11.5 Å². The number of nitrogen functional groups attached to an aromatic ring is 2. The number of aromatic nitrogens is 5. The van der Waals surface area contributed by atoms with Gasteiger partial charge in [-0.1, -0.05) is 14.8 Å². The molecule has 1 saturated heterocycles. The zero-order valence-corrected chi connectivity index (χ0v) is 19.2. The van der Waals surface area contributed by atoms with Gasteiger partial charge in [-0.15, -0.1) is 11.8 Å². The van der Waals surface area contributed by atoms with E-state index in [9.17, 15) is 24.7 Å². The number of carboxylic acids is 1. The molecular weight excluding hydrogens is 500 g/mol. The number of β-lactam (4-membered cyclic amide) rings is 1. The summed E-state index contributed by atoms with van der Waals surface area (Å²) in [6.07, 6.45) is 3.43. The van der Waals surface area contributed by atoms with Gasteiger partial charge in [0.15, 0.2) is 17.1 Å². The minimum Gasteiger partial charge on any atom is -0.477 e. The number of hydrogen-bond acceptors (Lipinski definition) is 12. The van der Waals surface area contributed by atoms with Gasteiger partial charge in [0.1, 0.15) is 29.9 Å². The smallest absolute Gasteiger partial charge is 0.352 e. The van der Waals surface area contributed by atoms with Gasteiger partial charge in [-0.3, -0.25) is 14.5 Å². The number of amides is 2. The number of nitrogens with two attached hydrogens (primary N) is 2. The Hall–Kier alpha value is -4.25. The Labute approximate surface area is 203 Å². The monoisotopic (exact) mass is 517 g/mol. The van der Waals surface area contributed by atoms with Crippen LogP contribution in [0.5, 0.6) is 0 Å². The Morgan fingerprint density at radius 3 is 2.83 bits per heavy atom. The zero-order valence-electron chi connectivity index (χ0n) is 17.6. The predicted molar refractivity (Wildman–Crippen MR) is 122 cm³/mol. The lowest BCUT2D eigenvalue weighted by atomic mass is 10.0. The Balaban J connectivity index is 1.37. The van der Waals surface area contributed by atoms with E-state index < -0.39 is 34.9 Å². The van der Waals surface area contributed by atoms with Gasteiger partial charge in [-0.25, -0.2) is 9.36 Å². The highest BCUT2D eigenvalue weighted by atomic mass is 32.2. The highest BCUT2D eigenvalue weighted by Crippen LogP contribution is 2.40. The molecule has 2 aliphatic rings. The van der Waals surface area contributed by atoms with Crippen molar-refractivity contribution in [3.8, 4) is 0 Å². The molecule has 0 saturated carbocycles. The van der Waals surface area contributed by atoms with Crippen LogP contribution in [0.2, 0.25) is 0 Å². The summed E-state index contributed by atoms with van der Waals surface area (Å²) in [6.45, 7) is 0.211. The first-order valence-corrected chi connectivity index (χ1v) is 11.8. The number of nitrogens with zero attached hydrogens (tertiary/aromatic N) is 7. The van der Waals surface area contributed by atoms with E-state index >= 15 is 0 Å². The third-order valence-electron chi connectivity index (χ3n) is 5.41. The van der Waals surface area contributed by atoms with Crippen molar-refractivity contribution < 1.29 is 29.3 Å². The molecule has 3 aromatic rings. The summed E-state index contributed by atoms with van der Waals surface area (Å²) in [4.78, 5) is 42.6. The molecule has 1 fully saturated rings. The molecule has 15 nitrogen and oxygen atoms in total. The summed E-state index contributed by atoms with van der Waals surface area (Å²) in [5.41, 5.74) is 11.8. The Bertz CT molecular complexity index is 1450. The second-order valence-electron chi connectivity index (χ2n) is 7.51. The molecular formula is C18H17N10O5S2+. The van der Waals surface area contributed by atoms with Crippen molar-refractivity contribution >= 4 is 63.4 Å². The minimum atomic E-state index is -1.25. The molecule has 35 heavy (non-hydrogen) atoms. The van der Waals surface area contributed by atoms with E-state index in [0.717, 1.165) is 16.4 Å². The summed E-state index contributed by atoms with van der Waals surface area (Å²) >= 11 is 2.12. The molecule has 17 heteroatoms. The predicted octanol–water partition coefficient (Wildman–Crippen LogP) is -1.75. The average Bonchev–Trinajstić information content (AvgIpc) is 3.43. The van der Waals surface area contributed by atoms with Gasteiger partial charge in [0.25, 0.3) is 11.8 Å². The SMILES string of the molecule is Nc1ccc2n(cc[n+]2CC2=C(C(=O)O)N3C(=O)[C@@H](NC(=O)/C(=N/O)c4nsc(N)n4)[C@H]3SC2)n1. The maximum Gasteiger partial charge on any atom is 0.352 e. The van der Waals surface area contributed by atoms with Crippen LogP contribution < -0.4 is 21.4 Å². The standard InChI is InChI=1S/C18H16N10O5S2/c19-8-1-2-9-26(3-4-27(9)23-8)5-7-6-34-16-11(15(30)28(16)12(7)17(31)32)21-14(29)10(24-33)13-22-18(20)35-25-13/h1-4,11,16H,5-6H2,(H6-,19,20,21,22,23,25,29,31,32,33)/p+1/t11-,16-/m1/s1. The highest BCUT2D eigenvalue weighted by molar-refractivity contribution is 8.00. The first kappa shape index (κ1) is 22.5. The molecule has 7 N–H and O–H groups in total. The summed E-state index contributed by atoms with van der Waals surface area (Å²) in [5.74, 6) is -2.29. The molecule has 0 aliphatic carbocycles. The van der Waals surface area contributed by atoms with Crippen molar-refractivity contribution in [2.45, 2.75) is 18.0 Å². The molecule has 5 rings (SSSR count). The Kier molecular flexibility index (Phi) is 5.48. The topological polar surface area (TPSA) is 218 Å². The quantitative estimate of drug-likeness (QED) is 0.0812. The Morgan fingerprint density at radius 1 is 1.34 bits per heavy atom. The van der Waals surface area contributed by atoms with E-state index in [0.29, 0.717) is 22.8 Å². The number of carbonyl (C=O) groups excluding carboxylic acids is 2. The van der Waals surface area contributed by atoms with Crippen molar-refractivity contribution in [3.05, 3.63) is 41.6 Å². The summed E-state index contributed by atoms with van der Waals surface area (Å²) in [7, 11) is 0. The maximum absolute atomic E-state index is 12.9. The summed E-state index contributed by atoms with van der Waals surface area (Å²) < 4.78 is 7.19. The molecule has 5 heterocycles. The lowest BCUT2D eigenvalue weighted by molar-refractivity contribution is -0.662. The molecule has 2 atom stereocenters. The fourth-order valence-corrected chi connectivity index (χ4v) is 5.65. The van der Waals surface area contributed by atoms with Crippen molar-refractivity contribution in [1.29, 1.82) is 0 Å². The van der Waals surface area contributed by atoms with Gasteiger partial charge in [-0.05, 0) is 6.07 Å². The van der Waals surface area contributed by atoms with Crippen LogP contribution in [-0.4, -0.2) is 74.8 Å². The third-order valence-corrected chi connectivity index (χ3v) is 7.29. The number of aliphatic carboxylic acids is 1. The van der Waals surface area contributed by atoms with Crippen LogP contribution in [0.1, 0.15) is 5.82 Å². The van der Waals surface area contributed by atoms with Gasteiger partial charge in [0.05, 0.1) is 0 Å². The molecule has 0 radical (unpaired) electrons.